The van der Waals surface area contributed by atoms with Gasteiger partial charge < -0.3 is 5.32 Å². The van der Waals surface area contributed by atoms with Crippen molar-refractivity contribution in [2.45, 2.75) is 32.4 Å². The van der Waals surface area contributed by atoms with Gasteiger partial charge in [0.15, 0.2) is 0 Å². The van der Waals surface area contributed by atoms with Crippen molar-refractivity contribution in [3.63, 3.8) is 0 Å². The van der Waals surface area contributed by atoms with Gasteiger partial charge in [0.1, 0.15) is 5.82 Å². The van der Waals surface area contributed by atoms with E-state index in [-0.39, 0.29) is 5.82 Å². The zero-order valence-electron chi connectivity index (χ0n) is 10.8. The van der Waals surface area contributed by atoms with Crippen LogP contribution in [-0.2, 0) is 6.54 Å². The number of likely N-dealkylation sites (tertiary alicyclic amines) is 1. The molecule has 1 N–H and O–H groups in total. The molecule has 2 rings (SSSR count). The molecule has 1 aromatic carbocycles. The fraction of sp³-hybridized carbons (Fsp3) is 0.571. The second-order valence-electron chi connectivity index (χ2n) is 4.80. The van der Waals surface area contributed by atoms with Crippen LogP contribution < -0.4 is 5.32 Å². The summed E-state index contributed by atoms with van der Waals surface area (Å²) in [5.74, 6) is -0.202. The van der Waals surface area contributed by atoms with E-state index in [1.165, 1.54) is 25.5 Å². The van der Waals surface area contributed by atoms with E-state index in [1.807, 2.05) is 12.1 Å². The normalized spacial score (nSPS) is 20.5. The van der Waals surface area contributed by atoms with E-state index >= 15 is 0 Å². The Morgan fingerprint density at radius 2 is 2.33 bits per heavy atom. The Bertz CT molecular complexity index is 397. The van der Waals surface area contributed by atoms with Gasteiger partial charge in [-0.25, -0.2) is 4.39 Å². The van der Waals surface area contributed by atoms with Crippen molar-refractivity contribution in [1.29, 1.82) is 0 Å². The molecule has 0 spiro atoms. The van der Waals surface area contributed by atoms with Gasteiger partial charge in [0.2, 0.25) is 0 Å². The van der Waals surface area contributed by atoms with Gasteiger partial charge in [0.25, 0.3) is 0 Å². The molecule has 1 atom stereocenters. The lowest BCUT2D eigenvalue weighted by Crippen LogP contribution is -2.37. The van der Waals surface area contributed by atoms with Crippen LogP contribution in [0.25, 0.3) is 0 Å². The highest BCUT2D eigenvalue weighted by Gasteiger charge is 2.21. The van der Waals surface area contributed by atoms with Crippen LogP contribution in [0, 0.1) is 5.82 Å². The third-order valence-electron chi connectivity index (χ3n) is 3.60. The van der Waals surface area contributed by atoms with Crippen LogP contribution in [0.2, 0.25) is 0 Å². The molecule has 0 aliphatic carbocycles. The number of hydrogen-bond acceptors (Lipinski definition) is 2. The van der Waals surface area contributed by atoms with E-state index in [1.54, 1.807) is 0 Å². The largest absolute Gasteiger partial charge is 0.311 e. The summed E-state index contributed by atoms with van der Waals surface area (Å²) in [6.45, 7) is 6.39. The maximum Gasteiger partial charge on any atom is 0.137 e. The highest BCUT2D eigenvalue weighted by molar-refractivity contribution is 9.10. The van der Waals surface area contributed by atoms with Crippen LogP contribution in [-0.4, -0.2) is 30.6 Å². The Hall–Kier alpha value is -0.450. The van der Waals surface area contributed by atoms with Crippen LogP contribution in [0.3, 0.4) is 0 Å². The number of nitrogens with one attached hydrogen (secondary N) is 1. The molecular formula is C14H20BrFN2. The Labute approximate surface area is 117 Å². The topological polar surface area (TPSA) is 15.3 Å². The second-order valence-corrected chi connectivity index (χ2v) is 5.66. The Morgan fingerprint density at radius 3 is 3.06 bits per heavy atom. The maximum absolute atomic E-state index is 13.1. The van der Waals surface area contributed by atoms with Crippen LogP contribution >= 0.6 is 15.9 Å². The van der Waals surface area contributed by atoms with Crippen LogP contribution in [0.5, 0.6) is 0 Å². The van der Waals surface area contributed by atoms with Crippen molar-refractivity contribution in [3.05, 3.63) is 34.1 Å². The standard InChI is InChI=1S/C14H20BrFN2/c1-2-18-7-3-4-12(18)10-17-9-11-5-6-14(16)13(15)8-11/h5-6,8,12,17H,2-4,7,9-10H2,1H3. The average Bonchev–Trinajstić information content (AvgIpc) is 2.81. The van der Waals surface area contributed by atoms with Gasteiger partial charge in [-0.05, 0) is 59.6 Å². The van der Waals surface area contributed by atoms with Gasteiger partial charge in [-0.3, -0.25) is 4.90 Å². The molecule has 18 heavy (non-hydrogen) atoms. The Morgan fingerprint density at radius 1 is 1.50 bits per heavy atom. The predicted molar refractivity (Wildman–Crippen MR) is 76.1 cm³/mol. The third kappa shape index (κ3) is 3.53. The summed E-state index contributed by atoms with van der Waals surface area (Å²) in [5, 5.41) is 3.47. The zero-order chi connectivity index (χ0) is 13.0. The van der Waals surface area contributed by atoms with Gasteiger partial charge in [-0.1, -0.05) is 13.0 Å². The van der Waals surface area contributed by atoms with E-state index in [4.69, 9.17) is 0 Å². The van der Waals surface area contributed by atoms with Gasteiger partial charge in [-0.15, -0.1) is 0 Å². The molecule has 0 saturated carbocycles. The first kappa shape index (κ1) is 14.0. The summed E-state index contributed by atoms with van der Waals surface area (Å²) >= 11 is 3.21. The molecule has 4 heteroatoms. The number of hydrogen-bond donors (Lipinski definition) is 1. The molecule has 0 bridgehead atoms. The molecule has 0 radical (unpaired) electrons. The second kappa shape index (κ2) is 6.64. The number of benzene rings is 1. The Kier molecular flexibility index (Phi) is 5.15. The van der Waals surface area contributed by atoms with Crippen LogP contribution in [0.15, 0.2) is 22.7 Å². The minimum absolute atomic E-state index is 0.202. The first-order valence-corrected chi connectivity index (χ1v) is 7.38. The molecule has 1 aliphatic heterocycles. The zero-order valence-corrected chi connectivity index (χ0v) is 12.3. The van der Waals surface area contributed by atoms with E-state index in [0.717, 1.165) is 25.2 Å². The SMILES string of the molecule is CCN1CCCC1CNCc1ccc(F)c(Br)c1. The lowest BCUT2D eigenvalue weighted by atomic mass is 10.2. The lowest BCUT2D eigenvalue weighted by Gasteiger charge is -2.23. The fourth-order valence-corrected chi connectivity index (χ4v) is 3.00. The van der Waals surface area contributed by atoms with Crippen molar-refractivity contribution < 1.29 is 4.39 Å². The highest BCUT2D eigenvalue weighted by atomic mass is 79.9. The lowest BCUT2D eigenvalue weighted by molar-refractivity contribution is 0.260. The molecule has 1 unspecified atom stereocenters. The summed E-state index contributed by atoms with van der Waals surface area (Å²) in [6, 6.07) is 5.85. The van der Waals surface area contributed by atoms with Crippen molar-refractivity contribution in [2.24, 2.45) is 0 Å². The van der Waals surface area contributed by atoms with Gasteiger partial charge >= 0.3 is 0 Å². The summed E-state index contributed by atoms with van der Waals surface area (Å²) < 4.78 is 13.6. The molecule has 1 fully saturated rings. The summed E-state index contributed by atoms with van der Waals surface area (Å²) in [5.41, 5.74) is 1.12. The molecule has 0 amide bonds. The molecule has 1 saturated heterocycles. The summed E-state index contributed by atoms with van der Waals surface area (Å²) in [4.78, 5) is 2.52. The minimum atomic E-state index is -0.202. The van der Waals surface area contributed by atoms with E-state index < -0.39 is 0 Å². The van der Waals surface area contributed by atoms with Crippen LogP contribution in [0.1, 0.15) is 25.3 Å². The molecule has 0 aromatic heterocycles. The van der Waals surface area contributed by atoms with E-state index in [2.05, 4.69) is 33.1 Å². The average molecular weight is 315 g/mol. The molecule has 1 aromatic rings. The molecular weight excluding hydrogens is 295 g/mol. The number of likely N-dealkylation sites (N-methyl/N-ethyl adjacent to an activating group) is 1. The molecule has 100 valence electrons. The summed E-state index contributed by atoms with van der Waals surface area (Å²) in [6.07, 6.45) is 2.59. The summed E-state index contributed by atoms with van der Waals surface area (Å²) in [7, 11) is 0. The quantitative estimate of drug-likeness (QED) is 0.898. The molecule has 2 nitrogen and oxygen atoms in total. The van der Waals surface area contributed by atoms with Crippen molar-refractivity contribution in [2.75, 3.05) is 19.6 Å². The first-order valence-electron chi connectivity index (χ1n) is 6.59. The van der Waals surface area contributed by atoms with Crippen molar-refractivity contribution in [3.8, 4) is 0 Å². The number of halogens is 2. The monoisotopic (exact) mass is 314 g/mol. The third-order valence-corrected chi connectivity index (χ3v) is 4.21. The van der Waals surface area contributed by atoms with E-state index in [9.17, 15) is 4.39 Å². The number of rotatable bonds is 5. The molecule has 1 aliphatic rings. The van der Waals surface area contributed by atoms with Crippen LogP contribution in [0.4, 0.5) is 4.39 Å². The van der Waals surface area contributed by atoms with Crippen molar-refractivity contribution >= 4 is 15.9 Å². The maximum atomic E-state index is 13.1. The predicted octanol–water partition coefficient (Wildman–Crippen LogP) is 3.16. The molecule has 1 heterocycles. The Balaban J connectivity index is 1.79. The highest BCUT2D eigenvalue weighted by Crippen LogP contribution is 2.18. The minimum Gasteiger partial charge on any atom is -0.311 e. The van der Waals surface area contributed by atoms with E-state index in [0.29, 0.717) is 10.5 Å². The fourth-order valence-electron chi connectivity index (χ4n) is 2.58. The number of nitrogens with zero attached hydrogens (tertiary/aromatic N) is 1. The van der Waals surface area contributed by atoms with Gasteiger partial charge in [0.05, 0.1) is 4.47 Å². The van der Waals surface area contributed by atoms with Crippen molar-refractivity contribution in [1.82, 2.24) is 10.2 Å². The van der Waals surface area contributed by atoms with Gasteiger partial charge in [0, 0.05) is 19.1 Å². The first-order chi connectivity index (χ1) is 8.70. The van der Waals surface area contributed by atoms with Gasteiger partial charge in [-0.2, -0.15) is 0 Å². The smallest absolute Gasteiger partial charge is 0.137 e.